The fourth-order valence-electron chi connectivity index (χ4n) is 9.15. The molecule has 4 heteroatoms. The smallest absolute Gasteiger partial charge is 0.00354 e. The van der Waals surface area contributed by atoms with Gasteiger partial charge in [-0.15, -0.1) is 0 Å². The molecule has 4 aliphatic carbocycles. The Hall–Kier alpha value is -0.160. The molecule has 8 rings (SSSR count). The van der Waals surface area contributed by atoms with Gasteiger partial charge in [0.05, 0.1) is 0 Å². The van der Waals surface area contributed by atoms with Crippen molar-refractivity contribution in [3.8, 4) is 0 Å². The second-order valence-corrected chi connectivity index (χ2v) is 15.2. The molecule has 0 aromatic heterocycles. The lowest BCUT2D eigenvalue weighted by atomic mass is 9.68. The summed E-state index contributed by atoms with van der Waals surface area (Å²) in [6, 6.07) is 0. The van der Waals surface area contributed by atoms with Crippen LogP contribution in [0, 0.1) is 28.1 Å². The van der Waals surface area contributed by atoms with Crippen molar-refractivity contribution in [1.82, 2.24) is 19.6 Å². The van der Waals surface area contributed by atoms with Crippen LogP contribution >= 0.6 is 0 Å². The van der Waals surface area contributed by atoms with Crippen molar-refractivity contribution in [2.75, 3.05) is 80.5 Å². The molecular formula is C32H60N4. The van der Waals surface area contributed by atoms with Gasteiger partial charge < -0.3 is 19.6 Å². The van der Waals surface area contributed by atoms with E-state index in [9.17, 15) is 0 Å². The summed E-state index contributed by atoms with van der Waals surface area (Å²) in [5.41, 5.74) is 2.44. The van der Waals surface area contributed by atoms with Crippen molar-refractivity contribution < 1.29 is 0 Å². The minimum atomic E-state index is 0.786. The van der Waals surface area contributed by atoms with Gasteiger partial charge in [-0.25, -0.2) is 0 Å². The SMILES string of the molecule is CN1CC2CCCC2C1.CN1CCC2(CC2)C1.CN1CCC2(CCC2)C1.CN1CCC2(CCCC2)C1. The number of hydrogen-bond acceptors (Lipinski definition) is 4. The van der Waals surface area contributed by atoms with Crippen LogP contribution in [0.25, 0.3) is 0 Å². The number of hydrogen-bond donors (Lipinski definition) is 0. The van der Waals surface area contributed by atoms with Crippen LogP contribution in [0.2, 0.25) is 0 Å². The van der Waals surface area contributed by atoms with Crippen molar-refractivity contribution in [1.29, 1.82) is 0 Å². The van der Waals surface area contributed by atoms with E-state index in [1.54, 1.807) is 0 Å². The lowest BCUT2D eigenvalue weighted by Crippen LogP contribution is -2.31. The Bertz CT molecular complexity index is 680. The van der Waals surface area contributed by atoms with E-state index in [4.69, 9.17) is 0 Å². The second-order valence-electron chi connectivity index (χ2n) is 15.2. The first-order valence-corrected chi connectivity index (χ1v) is 16.0. The molecule has 0 aromatic rings. The molecule has 4 heterocycles. The largest absolute Gasteiger partial charge is 0.306 e. The van der Waals surface area contributed by atoms with Gasteiger partial charge in [-0.1, -0.05) is 25.7 Å². The lowest BCUT2D eigenvalue weighted by molar-refractivity contribution is 0.145. The molecule has 4 saturated carbocycles. The summed E-state index contributed by atoms with van der Waals surface area (Å²) in [7, 11) is 8.98. The standard InChI is InChI=1S/C9H17N.2C8H15N.C7H13N/c1-10-7-6-9(8-10)4-2-3-5-9;1-9-5-7-3-2-4-8(7)6-9;1-9-6-5-8(7-9)3-2-4-8;1-8-5-4-7(6-8)2-3-7/h2-8H2,1H3;7-8H,2-6H2,1H3;2-7H2,1H3;2-6H2,1H3. The zero-order chi connectivity index (χ0) is 25.2. The van der Waals surface area contributed by atoms with Crippen LogP contribution in [0.15, 0.2) is 0 Å². The van der Waals surface area contributed by atoms with Gasteiger partial charge in [0, 0.05) is 32.7 Å². The van der Waals surface area contributed by atoms with Crippen LogP contribution < -0.4 is 0 Å². The zero-order valence-electron chi connectivity index (χ0n) is 24.7. The van der Waals surface area contributed by atoms with Gasteiger partial charge in [0.15, 0.2) is 0 Å². The molecule has 0 N–H and O–H groups in total. The highest BCUT2D eigenvalue weighted by Gasteiger charge is 2.46. The van der Waals surface area contributed by atoms with E-state index in [1.165, 1.54) is 149 Å². The van der Waals surface area contributed by atoms with Crippen molar-refractivity contribution in [2.45, 2.75) is 96.3 Å². The highest BCUT2D eigenvalue weighted by molar-refractivity contribution is 4.99. The molecule has 36 heavy (non-hydrogen) atoms. The van der Waals surface area contributed by atoms with Crippen LogP contribution in [-0.4, -0.2) is 100 Å². The van der Waals surface area contributed by atoms with E-state index >= 15 is 0 Å². The molecule has 2 unspecified atom stereocenters. The Kier molecular flexibility index (Phi) is 8.77. The van der Waals surface area contributed by atoms with Crippen LogP contribution in [0.3, 0.4) is 0 Å². The third-order valence-corrected chi connectivity index (χ3v) is 11.8. The first-order chi connectivity index (χ1) is 17.3. The molecule has 3 spiro atoms. The predicted octanol–water partition coefficient (Wildman–Crippen LogP) is 5.82. The van der Waals surface area contributed by atoms with E-state index in [0.717, 1.165) is 28.1 Å². The fourth-order valence-corrected chi connectivity index (χ4v) is 9.15. The van der Waals surface area contributed by atoms with Gasteiger partial charge in [0.25, 0.3) is 0 Å². The molecule has 0 amide bonds. The second kappa shape index (κ2) is 11.5. The number of fused-ring (bicyclic) bond motifs is 1. The van der Waals surface area contributed by atoms with E-state index in [0.29, 0.717) is 0 Å². The van der Waals surface area contributed by atoms with Crippen LogP contribution in [0.1, 0.15) is 96.3 Å². The predicted molar refractivity (Wildman–Crippen MR) is 154 cm³/mol. The topological polar surface area (TPSA) is 13.0 Å². The number of likely N-dealkylation sites (tertiary alicyclic amines) is 4. The maximum atomic E-state index is 2.49. The maximum absolute atomic E-state index is 2.49. The summed E-state index contributed by atoms with van der Waals surface area (Å²) in [6.45, 7) is 10.9. The first kappa shape index (κ1) is 27.4. The lowest BCUT2D eigenvalue weighted by Gasteiger charge is -2.37. The fraction of sp³-hybridized carbons (Fsp3) is 1.00. The molecule has 4 nitrogen and oxygen atoms in total. The molecule has 208 valence electrons. The average molecular weight is 501 g/mol. The Morgan fingerprint density at radius 1 is 0.417 bits per heavy atom. The van der Waals surface area contributed by atoms with E-state index in [1.807, 2.05) is 0 Å². The summed E-state index contributed by atoms with van der Waals surface area (Å²) < 4.78 is 0. The van der Waals surface area contributed by atoms with Crippen molar-refractivity contribution in [3.63, 3.8) is 0 Å². The molecule has 8 aliphatic rings. The van der Waals surface area contributed by atoms with Gasteiger partial charge in [-0.3, -0.25) is 0 Å². The zero-order valence-corrected chi connectivity index (χ0v) is 24.7. The molecule has 2 atom stereocenters. The first-order valence-electron chi connectivity index (χ1n) is 16.0. The molecule has 0 aromatic carbocycles. The minimum absolute atomic E-state index is 0.786. The van der Waals surface area contributed by atoms with Crippen LogP contribution in [-0.2, 0) is 0 Å². The Balaban J connectivity index is 0.0000000990. The van der Waals surface area contributed by atoms with Crippen molar-refractivity contribution >= 4 is 0 Å². The van der Waals surface area contributed by atoms with E-state index in [2.05, 4.69) is 47.8 Å². The molecular weight excluding hydrogens is 440 g/mol. The molecule has 0 radical (unpaired) electrons. The highest BCUT2D eigenvalue weighted by Crippen LogP contribution is 2.52. The summed E-state index contributed by atoms with van der Waals surface area (Å²) in [6.07, 6.45) is 22.5. The quantitative estimate of drug-likeness (QED) is 0.415. The van der Waals surface area contributed by atoms with Gasteiger partial charge >= 0.3 is 0 Å². The Labute approximate surface area is 224 Å². The minimum Gasteiger partial charge on any atom is -0.306 e. The van der Waals surface area contributed by atoms with Crippen LogP contribution in [0.5, 0.6) is 0 Å². The molecule has 4 saturated heterocycles. The number of nitrogens with zero attached hydrogens (tertiary/aromatic N) is 4. The summed E-state index contributed by atoms with van der Waals surface area (Å²) >= 11 is 0. The third kappa shape index (κ3) is 6.88. The van der Waals surface area contributed by atoms with Gasteiger partial charge in [0.1, 0.15) is 0 Å². The van der Waals surface area contributed by atoms with E-state index in [-0.39, 0.29) is 0 Å². The number of rotatable bonds is 0. The van der Waals surface area contributed by atoms with Crippen LogP contribution in [0.4, 0.5) is 0 Å². The maximum Gasteiger partial charge on any atom is 0.00354 e. The van der Waals surface area contributed by atoms with Crippen molar-refractivity contribution in [2.24, 2.45) is 28.1 Å². The highest BCUT2D eigenvalue weighted by atomic mass is 15.1. The van der Waals surface area contributed by atoms with E-state index < -0.39 is 0 Å². The van der Waals surface area contributed by atoms with Gasteiger partial charge in [0.2, 0.25) is 0 Å². The molecule has 8 fully saturated rings. The summed E-state index contributed by atoms with van der Waals surface area (Å²) in [5.74, 6) is 2.16. The summed E-state index contributed by atoms with van der Waals surface area (Å²) in [4.78, 5) is 9.89. The summed E-state index contributed by atoms with van der Waals surface area (Å²) in [5, 5.41) is 0. The molecule has 4 aliphatic heterocycles. The van der Waals surface area contributed by atoms with Crippen molar-refractivity contribution in [3.05, 3.63) is 0 Å². The molecule has 0 bridgehead atoms. The normalized spacial score (nSPS) is 35.7. The van der Waals surface area contributed by atoms with Gasteiger partial charge in [-0.05, 0) is 147 Å². The Morgan fingerprint density at radius 2 is 0.806 bits per heavy atom. The Morgan fingerprint density at radius 3 is 1.08 bits per heavy atom. The van der Waals surface area contributed by atoms with Gasteiger partial charge in [-0.2, -0.15) is 0 Å². The monoisotopic (exact) mass is 500 g/mol. The third-order valence-electron chi connectivity index (χ3n) is 11.8. The average Bonchev–Trinajstić information content (AvgIpc) is 3.45.